The van der Waals surface area contributed by atoms with Crippen molar-refractivity contribution in [2.24, 2.45) is 0 Å². The molecule has 1 aromatic carbocycles. The monoisotopic (exact) mass is 268 g/mol. The first-order valence-electron chi connectivity index (χ1n) is 5.46. The topological polar surface area (TPSA) is 69.7 Å². The summed E-state index contributed by atoms with van der Waals surface area (Å²) in [5.74, 6) is -2.52. The Balaban J connectivity index is 2.94. The molecule has 0 saturated heterocycles. The molecule has 0 amide bonds. The highest BCUT2D eigenvalue weighted by atomic mass is 19.1. The lowest BCUT2D eigenvalue weighted by Gasteiger charge is -2.15. The number of ketones is 1. The minimum Gasteiger partial charge on any atom is -0.469 e. The van der Waals surface area contributed by atoms with Gasteiger partial charge in [0, 0.05) is 12.5 Å². The van der Waals surface area contributed by atoms with Gasteiger partial charge < -0.3 is 9.47 Å². The van der Waals surface area contributed by atoms with E-state index >= 15 is 0 Å². The van der Waals surface area contributed by atoms with Crippen LogP contribution in [-0.4, -0.2) is 24.8 Å². The second-order valence-electron chi connectivity index (χ2n) is 3.76. The molecule has 1 aromatic rings. The second kappa shape index (κ2) is 6.63. The summed E-state index contributed by atoms with van der Waals surface area (Å²) in [7, 11) is 1.15. The van der Waals surface area contributed by atoms with Crippen LogP contribution in [0.3, 0.4) is 0 Å². The Hall–Kier alpha value is -2.24. The summed E-state index contributed by atoms with van der Waals surface area (Å²) in [6, 6.07) is 4.91. The summed E-state index contributed by atoms with van der Waals surface area (Å²) in [6.45, 7) is 1.14. The molecule has 0 radical (unpaired) electrons. The normalized spacial score (nSPS) is 11.5. The molecular formula is C13H13FO5. The molecule has 0 saturated carbocycles. The standard InChI is InChI=1S/C13H13FO5/c1-8(15)19-13(11(16)7-12(17)18-2)9-3-5-10(14)6-4-9/h3-6,13H,7H2,1-2H3. The van der Waals surface area contributed by atoms with E-state index in [1.807, 2.05) is 0 Å². The van der Waals surface area contributed by atoms with Gasteiger partial charge in [-0.2, -0.15) is 0 Å². The highest BCUT2D eigenvalue weighted by Gasteiger charge is 2.26. The zero-order valence-corrected chi connectivity index (χ0v) is 10.5. The summed E-state index contributed by atoms with van der Waals surface area (Å²) in [5.41, 5.74) is 0.297. The number of rotatable bonds is 5. The van der Waals surface area contributed by atoms with E-state index in [0.29, 0.717) is 5.56 Å². The quantitative estimate of drug-likeness (QED) is 0.598. The van der Waals surface area contributed by atoms with Gasteiger partial charge in [0.05, 0.1) is 7.11 Å². The number of esters is 2. The number of carbonyl (C=O) groups is 3. The molecule has 1 unspecified atom stereocenters. The Morgan fingerprint density at radius 2 is 1.79 bits per heavy atom. The smallest absolute Gasteiger partial charge is 0.313 e. The van der Waals surface area contributed by atoms with Crippen molar-refractivity contribution < 1.29 is 28.2 Å². The van der Waals surface area contributed by atoms with Crippen molar-refractivity contribution in [2.45, 2.75) is 19.4 Å². The molecule has 0 aliphatic rings. The molecule has 5 nitrogen and oxygen atoms in total. The fraction of sp³-hybridized carbons (Fsp3) is 0.308. The third-order valence-corrected chi connectivity index (χ3v) is 2.30. The van der Waals surface area contributed by atoms with E-state index in [1.165, 1.54) is 12.1 Å². The van der Waals surface area contributed by atoms with Gasteiger partial charge in [0.25, 0.3) is 0 Å². The lowest BCUT2D eigenvalue weighted by molar-refractivity contribution is -0.156. The van der Waals surface area contributed by atoms with Crippen LogP contribution in [0, 0.1) is 5.82 Å². The van der Waals surface area contributed by atoms with E-state index in [0.717, 1.165) is 26.2 Å². The molecule has 0 spiro atoms. The lowest BCUT2D eigenvalue weighted by atomic mass is 10.0. The van der Waals surface area contributed by atoms with Crippen molar-refractivity contribution >= 4 is 17.7 Å². The van der Waals surface area contributed by atoms with Gasteiger partial charge in [-0.05, 0) is 12.1 Å². The Morgan fingerprint density at radius 1 is 1.21 bits per heavy atom. The summed E-state index contributed by atoms with van der Waals surface area (Å²) in [5, 5.41) is 0. The second-order valence-corrected chi connectivity index (χ2v) is 3.76. The van der Waals surface area contributed by atoms with Crippen LogP contribution in [0.1, 0.15) is 25.0 Å². The molecule has 0 aromatic heterocycles. The Kier molecular flexibility index (Phi) is 5.17. The maximum atomic E-state index is 12.8. The largest absolute Gasteiger partial charge is 0.469 e. The van der Waals surface area contributed by atoms with E-state index < -0.39 is 36.1 Å². The average molecular weight is 268 g/mol. The molecule has 6 heteroatoms. The molecule has 1 rings (SSSR count). The molecule has 0 N–H and O–H groups in total. The first-order chi connectivity index (χ1) is 8.93. The van der Waals surface area contributed by atoms with Crippen molar-refractivity contribution in [3.05, 3.63) is 35.6 Å². The van der Waals surface area contributed by atoms with Crippen molar-refractivity contribution in [1.82, 2.24) is 0 Å². The van der Waals surface area contributed by atoms with Gasteiger partial charge in [0.1, 0.15) is 12.2 Å². The molecule has 0 fully saturated rings. The number of methoxy groups -OCH3 is 1. The molecular weight excluding hydrogens is 255 g/mol. The van der Waals surface area contributed by atoms with Gasteiger partial charge in [-0.15, -0.1) is 0 Å². The van der Waals surface area contributed by atoms with E-state index in [2.05, 4.69) is 4.74 Å². The first kappa shape index (κ1) is 14.8. The van der Waals surface area contributed by atoms with Crippen LogP contribution in [0.4, 0.5) is 4.39 Å². The highest BCUT2D eigenvalue weighted by molar-refractivity contribution is 5.99. The summed E-state index contributed by atoms with van der Waals surface area (Å²) in [4.78, 5) is 33.9. The number of hydrogen-bond acceptors (Lipinski definition) is 5. The van der Waals surface area contributed by atoms with Crippen molar-refractivity contribution in [2.75, 3.05) is 7.11 Å². The van der Waals surface area contributed by atoms with Crippen LogP contribution < -0.4 is 0 Å². The number of carbonyl (C=O) groups excluding carboxylic acids is 3. The molecule has 0 bridgehead atoms. The Labute approximate surface area is 109 Å². The summed E-state index contributed by atoms with van der Waals surface area (Å²) >= 11 is 0. The lowest BCUT2D eigenvalue weighted by Crippen LogP contribution is -2.21. The van der Waals surface area contributed by atoms with Gasteiger partial charge in [-0.1, -0.05) is 12.1 Å². The van der Waals surface area contributed by atoms with Crippen LogP contribution in [0.5, 0.6) is 0 Å². The summed E-state index contributed by atoms with van der Waals surface area (Å²) < 4.78 is 22.0. The minimum atomic E-state index is -1.24. The SMILES string of the molecule is COC(=O)CC(=O)C(OC(C)=O)c1ccc(F)cc1. The Bertz CT molecular complexity index is 480. The highest BCUT2D eigenvalue weighted by Crippen LogP contribution is 2.21. The number of halogens is 1. The van der Waals surface area contributed by atoms with Gasteiger partial charge in [0.2, 0.25) is 0 Å². The van der Waals surface area contributed by atoms with Crippen molar-refractivity contribution in [3.8, 4) is 0 Å². The number of hydrogen-bond donors (Lipinski definition) is 0. The van der Waals surface area contributed by atoms with E-state index in [-0.39, 0.29) is 0 Å². The number of benzene rings is 1. The number of ether oxygens (including phenoxy) is 2. The van der Waals surface area contributed by atoms with Crippen LogP contribution in [0.2, 0.25) is 0 Å². The van der Waals surface area contributed by atoms with Crippen LogP contribution in [-0.2, 0) is 23.9 Å². The average Bonchev–Trinajstić information content (AvgIpc) is 2.36. The molecule has 19 heavy (non-hydrogen) atoms. The van der Waals surface area contributed by atoms with Crippen molar-refractivity contribution in [3.63, 3.8) is 0 Å². The molecule has 0 aliphatic heterocycles. The predicted molar refractivity (Wildman–Crippen MR) is 62.5 cm³/mol. The summed E-state index contributed by atoms with van der Waals surface area (Å²) in [6.07, 6.45) is -1.76. The zero-order chi connectivity index (χ0) is 14.4. The molecule has 0 aliphatic carbocycles. The zero-order valence-electron chi connectivity index (χ0n) is 10.5. The predicted octanol–water partition coefficient (Wildman–Crippen LogP) is 1.56. The maximum absolute atomic E-state index is 12.8. The first-order valence-corrected chi connectivity index (χ1v) is 5.46. The van der Waals surface area contributed by atoms with Crippen LogP contribution in [0.25, 0.3) is 0 Å². The van der Waals surface area contributed by atoms with Gasteiger partial charge in [-0.3, -0.25) is 14.4 Å². The van der Waals surface area contributed by atoms with Gasteiger partial charge >= 0.3 is 11.9 Å². The van der Waals surface area contributed by atoms with E-state index in [9.17, 15) is 18.8 Å². The minimum absolute atomic E-state index is 0.297. The maximum Gasteiger partial charge on any atom is 0.313 e. The van der Waals surface area contributed by atoms with Gasteiger partial charge in [0.15, 0.2) is 11.9 Å². The van der Waals surface area contributed by atoms with Crippen molar-refractivity contribution in [1.29, 1.82) is 0 Å². The third kappa shape index (κ3) is 4.50. The van der Waals surface area contributed by atoms with Gasteiger partial charge in [-0.25, -0.2) is 4.39 Å². The molecule has 0 heterocycles. The third-order valence-electron chi connectivity index (χ3n) is 2.30. The fourth-order valence-electron chi connectivity index (χ4n) is 1.43. The van der Waals surface area contributed by atoms with Crippen LogP contribution in [0.15, 0.2) is 24.3 Å². The van der Waals surface area contributed by atoms with E-state index in [1.54, 1.807) is 0 Å². The molecule has 1 atom stereocenters. The van der Waals surface area contributed by atoms with E-state index in [4.69, 9.17) is 4.74 Å². The number of Topliss-reactive ketones (excluding diaryl/α,β-unsaturated/α-hetero) is 1. The fourth-order valence-corrected chi connectivity index (χ4v) is 1.43. The Morgan fingerprint density at radius 3 is 2.26 bits per heavy atom. The molecule has 102 valence electrons. The van der Waals surface area contributed by atoms with Crippen LogP contribution >= 0.6 is 0 Å².